The molecule has 0 aliphatic rings. The van der Waals surface area contributed by atoms with Gasteiger partial charge in [0.25, 0.3) is 10.0 Å². The highest BCUT2D eigenvalue weighted by Crippen LogP contribution is 2.33. The maximum Gasteiger partial charge on any atom is 0.266 e. The van der Waals surface area contributed by atoms with Gasteiger partial charge in [-0.3, -0.25) is 4.72 Å². The lowest BCUT2D eigenvalue weighted by molar-refractivity contribution is 0.462. The van der Waals surface area contributed by atoms with E-state index in [1.54, 1.807) is 25.1 Å². The lowest BCUT2D eigenvalue weighted by Crippen LogP contribution is -2.23. The van der Waals surface area contributed by atoms with E-state index in [2.05, 4.69) is 15.0 Å². The molecule has 0 fully saturated rings. The number of aryl methyl sites for hydroxylation is 2. The van der Waals surface area contributed by atoms with Gasteiger partial charge in [0.2, 0.25) is 0 Å². The summed E-state index contributed by atoms with van der Waals surface area (Å²) in [7, 11) is -7.19. The van der Waals surface area contributed by atoms with E-state index in [0.29, 0.717) is 42.3 Å². The number of nitrogens with zero attached hydrogens (tertiary/aromatic N) is 1. The molecular weight excluding hydrogens is 537 g/mol. The average molecular weight is 562 g/mol. The summed E-state index contributed by atoms with van der Waals surface area (Å²) in [6.45, 7) is 2.58. The maximum absolute atomic E-state index is 14.8. The summed E-state index contributed by atoms with van der Waals surface area (Å²) < 4.78 is 70.6. The molecule has 0 atom stereocenters. The predicted octanol–water partition coefficient (Wildman–Crippen LogP) is 4.40. The molecule has 0 aliphatic heterocycles. The Morgan fingerprint density at radius 3 is 2.57 bits per heavy atom. The highest BCUT2D eigenvalue weighted by molar-refractivity contribution is 7.92. The Kier molecular flexibility index (Phi) is 9.11. The number of hydrogen-bond donors (Lipinski definition) is 2. The molecule has 0 aliphatic carbocycles. The van der Waals surface area contributed by atoms with Crippen LogP contribution in [0.3, 0.4) is 0 Å². The van der Waals surface area contributed by atoms with E-state index in [1.165, 1.54) is 34.5 Å². The van der Waals surface area contributed by atoms with Crippen LogP contribution >= 0.6 is 22.9 Å². The Balaban J connectivity index is 1.72. The second-order valence-corrected chi connectivity index (χ2v) is 12.9. The van der Waals surface area contributed by atoms with Gasteiger partial charge in [0.1, 0.15) is 32.0 Å². The topological polar surface area (TPSA) is 114 Å². The molecule has 0 unspecified atom stereocenters. The van der Waals surface area contributed by atoms with Crippen LogP contribution in [0.15, 0.2) is 46.1 Å². The Morgan fingerprint density at radius 1 is 1.11 bits per heavy atom. The van der Waals surface area contributed by atoms with Crippen molar-refractivity contribution in [2.24, 2.45) is 0 Å². The minimum Gasteiger partial charge on any atom is -0.457 e. The number of halogens is 2. The van der Waals surface area contributed by atoms with E-state index in [-0.39, 0.29) is 17.3 Å². The van der Waals surface area contributed by atoms with Gasteiger partial charge in [-0.25, -0.2) is 26.2 Å². The Bertz CT molecular complexity index is 1380. The van der Waals surface area contributed by atoms with Crippen LogP contribution in [0.1, 0.15) is 17.5 Å². The number of benzene rings is 2. The van der Waals surface area contributed by atoms with Gasteiger partial charge < -0.3 is 10.1 Å². The summed E-state index contributed by atoms with van der Waals surface area (Å²) in [4.78, 5) is 3.35. The summed E-state index contributed by atoms with van der Waals surface area (Å²) in [5.41, 5.74) is 2.67. The predicted molar refractivity (Wildman–Crippen MR) is 136 cm³/mol. The summed E-state index contributed by atoms with van der Waals surface area (Å²) in [6.07, 6.45) is 2.45. The van der Waals surface area contributed by atoms with E-state index in [0.717, 1.165) is 11.6 Å². The molecule has 0 radical (unpaired) electrons. The third kappa shape index (κ3) is 8.14. The number of ether oxygens (including phenoxy) is 1. The number of sulfone groups is 1. The smallest absolute Gasteiger partial charge is 0.266 e. The molecule has 1 heterocycles. The number of hydrogen-bond acceptors (Lipinski definition) is 8. The van der Waals surface area contributed by atoms with Crippen molar-refractivity contribution in [1.29, 1.82) is 0 Å². The normalized spacial score (nSPS) is 12.0. The summed E-state index contributed by atoms with van der Waals surface area (Å²) >= 11 is 7.35. The molecule has 3 aromatic rings. The molecule has 2 aromatic carbocycles. The van der Waals surface area contributed by atoms with Crippen molar-refractivity contribution in [2.45, 2.75) is 24.7 Å². The Hall–Kier alpha value is -2.25. The molecular formula is C22H25ClFN3O5S3. The van der Waals surface area contributed by atoms with Crippen molar-refractivity contribution in [3.05, 3.63) is 63.2 Å². The lowest BCUT2D eigenvalue weighted by atomic mass is 10.1. The molecule has 3 rings (SSSR count). The first kappa shape index (κ1) is 27.3. The van der Waals surface area contributed by atoms with E-state index in [4.69, 9.17) is 16.3 Å². The maximum atomic E-state index is 14.8. The van der Waals surface area contributed by atoms with Crippen LogP contribution in [0.4, 0.5) is 10.2 Å². The quantitative estimate of drug-likeness (QED) is 0.315. The molecule has 190 valence electrons. The SMILES string of the molecule is Cc1cc(S(=O)(=O)Nc2cscn2)c(F)cc1Oc1ccc(Cl)cc1CCCNCCS(C)(=O)=O. The summed E-state index contributed by atoms with van der Waals surface area (Å²) in [5.74, 6) is -0.147. The molecule has 0 amide bonds. The van der Waals surface area contributed by atoms with Crippen molar-refractivity contribution in [3.8, 4) is 11.5 Å². The van der Waals surface area contributed by atoms with Gasteiger partial charge in [-0.1, -0.05) is 11.6 Å². The molecule has 13 heteroatoms. The summed E-state index contributed by atoms with van der Waals surface area (Å²) in [6, 6.07) is 7.31. The highest BCUT2D eigenvalue weighted by atomic mass is 35.5. The van der Waals surface area contributed by atoms with Crippen LogP contribution in [0.2, 0.25) is 5.02 Å². The highest BCUT2D eigenvalue weighted by Gasteiger charge is 2.22. The first-order valence-corrected chi connectivity index (χ1v) is 15.4. The van der Waals surface area contributed by atoms with Crippen molar-refractivity contribution in [1.82, 2.24) is 10.3 Å². The Labute approximate surface area is 213 Å². The van der Waals surface area contributed by atoms with Crippen LogP contribution in [0, 0.1) is 12.7 Å². The van der Waals surface area contributed by atoms with Gasteiger partial charge in [-0.05, 0) is 61.7 Å². The van der Waals surface area contributed by atoms with Crippen LogP contribution in [-0.2, 0) is 26.3 Å². The van der Waals surface area contributed by atoms with Crippen LogP contribution in [0.25, 0.3) is 0 Å². The molecule has 0 saturated heterocycles. The zero-order valence-electron chi connectivity index (χ0n) is 19.0. The number of nitrogens with one attached hydrogen (secondary N) is 2. The van der Waals surface area contributed by atoms with Crippen molar-refractivity contribution >= 4 is 48.6 Å². The molecule has 0 bridgehead atoms. The first-order valence-electron chi connectivity index (χ1n) is 10.5. The van der Waals surface area contributed by atoms with Crippen LogP contribution < -0.4 is 14.8 Å². The zero-order chi connectivity index (χ0) is 25.6. The molecule has 2 N–H and O–H groups in total. The van der Waals surface area contributed by atoms with Crippen molar-refractivity contribution in [2.75, 3.05) is 29.8 Å². The number of aromatic nitrogens is 1. The number of rotatable bonds is 12. The zero-order valence-corrected chi connectivity index (χ0v) is 22.3. The monoisotopic (exact) mass is 561 g/mol. The Morgan fingerprint density at radius 2 is 1.89 bits per heavy atom. The molecule has 0 saturated carbocycles. The number of anilines is 1. The molecule has 8 nitrogen and oxygen atoms in total. The first-order chi connectivity index (χ1) is 16.4. The van der Waals surface area contributed by atoms with Gasteiger partial charge in [0.05, 0.1) is 11.3 Å². The fourth-order valence-electron chi connectivity index (χ4n) is 3.16. The van der Waals surface area contributed by atoms with Gasteiger partial charge >= 0.3 is 0 Å². The van der Waals surface area contributed by atoms with Gasteiger partial charge in [-0.2, -0.15) is 0 Å². The third-order valence-corrected chi connectivity index (χ3v) is 8.02. The third-order valence-electron chi connectivity index (χ3n) is 4.88. The number of thiazole rings is 1. The minimum absolute atomic E-state index is 0.0639. The van der Waals surface area contributed by atoms with Crippen LogP contribution in [0.5, 0.6) is 11.5 Å². The van der Waals surface area contributed by atoms with Crippen LogP contribution in [-0.4, -0.2) is 46.9 Å². The summed E-state index contributed by atoms with van der Waals surface area (Å²) in [5, 5.41) is 5.09. The average Bonchev–Trinajstić information content (AvgIpc) is 3.26. The van der Waals surface area contributed by atoms with Crippen molar-refractivity contribution in [3.63, 3.8) is 0 Å². The largest absolute Gasteiger partial charge is 0.457 e. The van der Waals surface area contributed by atoms with E-state index in [1.807, 2.05) is 0 Å². The molecule has 1 aromatic heterocycles. The second-order valence-electron chi connectivity index (χ2n) is 7.86. The molecule has 0 spiro atoms. The number of sulfonamides is 1. The van der Waals surface area contributed by atoms with Crippen molar-refractivity contribution < 1.29 is 26.0 Å². The van der Waals surface area contributed by atoms with Gasteiger partial charge in [0, 0.05) is 29.3 Å². The van der Waals surface area contributed by atoms with E-state index < -0.39 is 30.6 Å². The fraction of sp³-hybridized carbons (Fsp3) is 0.318. The van der Waals surface area contributed by atoms with E-state index >= 15 is 0 Å². The van der Waals surface area contributed by atoms with Gasteiger partial charge in [0.15, 0.2) is 5.82 Å². The second kappa shape index (κ2) is 11.7. The van der Waals surface area contributed by atoms with Gasteiger partial charge in [-0.15, -0.1) is 11.3 Å². The minimum atomic E-state index is -4.17. The standard InChI is InChI=1S/C22H25ClFN3O5S3/c1-15-10-21(35(30,31)27-22-13-33-14-26-22)18(24)12-20(15)32-19-6-5-17(23)11-16(19)4-3-7-25-8-9-34(2,28)29/h5-6,10-14,25,27H,3-4,7-9H2,1-2H3. The lowest BCUT2D eigenvalue weighted by Gasteiger charge is -2.15. The fourth-order valence-corrected chi connectivity index (χ4v) is 5.57. The molecule has 35 heavy (non-hydrogen) atoms. The van der Waals surface area contributed by atoms with E-state index in [9.17, 15) is 21.2 Å².